The van der Waals surface area contributed by atoms with Crippen molar-refractivity contribution in [3.05, 3.63) is 41.8 Å². The number of carbonyl (C=O) groups excluding carboxylic acids is 1. The topological polar surface area (TPSA) is 85.8 Å². The third kappa shape index (κ3) is 4.06. The summed E-state index contributed by atoms with van der Waals surface area (Å²) in [5, 5.41) is 10.3. The fourth-order valence-corrected chi connectivity index (χ4v) is 1.61. The molecule has 19 heavy (non-hydrogen) atoms. The van der Waals surface area contributed by atoms with Gasteiger partial charge in [0, 0.05) is 6.54 Å². The zero-order valence-corrected chi connectivity index (χ0v) is 10.2. The largest absolute Gasteiger partial charge is 0.381 e. The monoisotopic (exact) mass is 263 g/mol. The Balaban J connectivity index is 1.75. The van der Waals surface area contributed by atoms with Crippen molar-refractivity contribution in [2.24, 2.45) is 0 Å². The van der Waals surface area contributed by atoms with E-state index in [0.29, 0.717) is 13.0 Å². The molecule has 6 nitrogen and oxygen atoms in total. The third-order valence-corrected chi connectivity index (χ3v) is 2.46. The van der Waals surface area contributed by atoms with E-state index in [0.717, 1.165) is 5.56 Å². The van der Waals surface area contributed by atoms with Crippen molar-refractivity contribution >= 4 is 11.7 Å². The number of aromatic nitrogens is 3. The molecule has 1 amide bonds. The van der Waals surface area contributed by atoms with Crippen molar-refractivity contribution in [3.8, 4) is 0 Å². The smallest absolute Gasteiger partial charge is 0.243 e. The van der Waals surface area contributed by atoms with E-state index in [1.54, 1.807) is 6.07 Å². The highest BCUT2D eigenvalue weighted by molar-refractivity contribution is 5.75. The van der Waals surface area contributed by atoms with Crippen LogP contribution in [-0.4, -0.2) is 27.4 Å². The lowest BCUT2D eigenvalue weighted by Crippen LogP contribution is -2.30. The standard InChI is InChI=1S/C12H14FN5O/c13-10-3-1-2-9(6-10)4-5-15-12(19)8-18-16-7-11(14)17-18/h1-3,6-7H,4-5,8H2,(H2,14,17)(H,15,19). The van der Waals surface area contributed by atoms with E-state index in [2.05, 4.69) is 15.5 Å². The molecule has 3 N–H and O–H groups in total. The van der Waals surface area contributed by atoms with Gasteiger partial charge in [-0.3, -0.25) is 4.79 Å². The molecule has 1 aromatic heterocycles. The van der Waals surface area contributed by atoms with Crippen molar-refractivity contribution in [2.45, 2.75) is 13.0 Å². The summed E-state index contributed by atoms with van der Waals surface area (Å²) in [5.41, 5.74) is 6.22. The van der Waals surface area contributed by atoms with Crippen molar-refractivity contribution in [1.29, 1.82) is 0 Å². The van der Waals surface area contributed by atoms with Gasteiger partial charge < -0.3 is 11.1 Å². The average Bonchev–Trinajstić information content (AvgIpc) is 2.75. The molecule has 0 radical (unpaired) electrons. The fraction of sp³-hybridized carbons (Fsp3) is 0.250. The van der Waals surface area contributed by atoms with Crippen LogP contribution in [0.25, 0.3) is 0 Å². The lowest BCUT2D eigenvalue weighted by atomic mass is 10.1. The Kier molecular flexibility index (Phi) is 4.07. The molecule has 2 rings (SSSR count). The van der Waals surface area contributed by atoms with Crippen LogP contribution >= 0.6 is 0 Å². The second-order valence-corrected chi connectivity index (χ2v) is 4.03. The van der Waals surface area contributed by atoms with Crippen LogP contribution in [0.5, 0.6) is 0 Å². The van der Waals surface area contributed by atoms with Gasteiger partial charge in [-0.25, -0.2) is 4.39 Å². The van der Waals surface area contributed by atoms with Crippen molar-refractivity contribution in [2.75, 3.05) is 12.3 Å². The minimum Gasteiger partial charge on any atom is -0.381 e. The Labute approximate surface area is 109 Å². The molecule has 0 bridgehead atoms. The van der Waals surface area contributed by atoms with Crippen LogP contribution < -0.4 is 11.1 Å². The first kappa shape index (κ1) is 13.0. The zero-order valence-electron chi connectivity index (χ0n) is 10.2. The van der Waals surface area contributed by atoms with Gasteiger partial charge in [0.05, 0.1) is 6.20 Å². The number of nitrogen functional groups attached to an aromatic ring is 1. The molecule has 0 aliphatic heterocycles. The molecule has 7 heteroatoms. The molecule has 1 heterocycles. The number of anilines is 1. The second kappa shape index (κ2) is 5.94. The van der Waals surface area contributed by atoms with E-state index >= 15 is 0 Å². The summed E-state index contributed by atoms with van der Waals surface area (Å²) in [6, 6.07) is 6.28. The van der Waals surface area contributed by atoms with Crippen LogP contribution in [0.15, 0.2) is 30.5 Å². The number of hydrogen-bond donors (Lipinski definition) is 2. The molecule has 0 spiro atoms. The quantitative estimate of drug-likeness (QED) is 0.815. The Morgan fingerprint density at radius 2 is 2.32 bits per heavy atom. The van der Waals surface area contributed by atoms with Gasteiger partial charge >= 0.3 is 0 Å². The SMILES string of the molecule is Nc1cnn(CC(=O)NCCc2cccc(F)c2)n1. The van der Waals surface area contributed by atoms with Crippen LogP contribution in [0, 0.1) is 5.82 Å². The van der Waals surface area contributed by atoms with Crippen LogP contribution in [-0.2, 0) is 17.8 Å². The molecule has 0 unspecified atom stereocenters. The third-order valence-electron chi connectivity index (χ3n) is 2.46. The Hall–Kier alpha value is -2.44. The maximum atomic E-state index is 12.9. The normalized spacial score (nSPS) is 10.4. The molecular formula is C12H14FN5O. The van der Waals surface area contributed by atoms with E-state index in [1.807, 2.05) is 6.07 Å². The molecule has 1 aromatic carbocycles. The molecule has 100 valence electrons. The molecule has 0 atom stereocenters. The predicted octanol–water partition coefficient (Wildman–Crippen LogP) is 0.358. The number of nitrogens with zero attached hydrogens (tertiary/aromatic N) is 3. The lowest BCUT2D eigenvalue weighted by molar-refractivity contribution is -0.122. The van der Waals surface area contributed by atoms with Crippen molar-refractivity contribution in [3.63, 3.8) is 0 Å². The highest BCUT2D eigenvalue weighted by Gasteiger charge is 2.04. The van der Waals surface area contributed by atoms with E-state index in [-0.39, 0.29) is 24.1 Å². The number of hydrogen-bond acceptors (Lipinski definition) is 4. The van der Waals surface area contributed by atoms with Crippen molar-refractivity contribution in [1.82, 2.24) is 20.3 Å². The number of amides is 1. The first-order chi connectivity index (χ1) is 9.13. The zero-order chi connectivity index (χ0) is 13.7. The van der Waals surface area contributed by atoms with Gasteiger partial charge in [0.25, 0.3) is 0 Å². The van der Waals surface area contributed by atoms with Crippen LogP contribution in [0.1, 0.15) is 5.56 Å². The fourth-order valence-electron chi connectivity index (χ4n) is 1.61. The molecule has 0 aliphatic rings. The first-order valence-electron chi connectivity index (χ1n) is 5.80. The van der Waals surface area contributed by atoms with Gasteiger partial charge in [-0.2, -0.15) is 9.90 Å². The predicted molar refractivity (Wildman–Crippen MR) is 67.5 cm³/mol. The second-order valence-electron chi connectivity index (χ2n) is 4.03. The van der Waals surface area contributed by atoms with E-state index in [4.69, 9.17) is 5.73 Å². The van der Waals surface area contributed by atoms with E-state index in [1.165, 1.54) is 23.1 Å². The van der Waals surface area contributed by atoms with Crippen LogP contribution in [0.2, 0.25) is 0 Å². The summed E-state index contributed by atoms with van der Waals surface area (Å²) in [5.74, 6) is -0.223. The van der Waals surface area contributed by atoms with Gasteiger partial charge in [0.1, 0.15) is 12.4 Å². The van der Waals surface area contributed by atoms with Gasteiger partial charge in [0.2, 0.25) is 5.91 Å². The summed E-state index contributed by atoms with van der Waals surface area (Å²) in [6.45, 7) is 0.444. The molecule has 0 saturated heterocycles. The first-order valence-corrected chi connectivity index (χ1v) is 5.80. The Bertz CT molecular complexity index is 569. The highest BCUT2D eigenvalue weighted by atomic mass is 19.1. The van der Waals surface area contributed by atoms with Crippen LogP contribution in [0.4, 0.5) is 10.2 Å². The number of halogens is 1. The average molecular weight is 263 g/mol. The summed E-state index contributed by atoms with van der Waals surface area (Å²) in [4.78, 5) is 12.8. The molecule has 0 fully saturated rings. The summed E-state index contributed by atoms with van der Waals surface area (Å²) in [7, 11) is 0. The van der Waals surface area contributed by atoms with E-state index < -0.39 is 0 Å². The molecule has 0 aliphatic carbocycles. The molecule has 0 saturated carbocycles. The number of rotatable bonds is 5. The number of carbonyl (C=O) groups is 1. The summed E-state index contributed by atoms with van der Waals surface area (Å²) in [6.07, 6.45) is 1.94. The minimum atomic E-state index is -0.278. The Morgan fingerprint density at radius 3 is 3.00 bits per heavy atom. The maximum Gasteiger partial charge on any atom is 0.243 e. The van der Waals surface area contributed by atoms with Crippen LogP contribution in [0.3, 0.4) is 0 Å². The number of nitrogens with two attached hydrogens (primary N) is 1. The van der Waals surface area contributed by atoms with Gasteiger partial charge in [-0.1, -0.05) is 12.1 Å². The Morgan fingerprint density at radius 1 is 1.47 bits per heavy atom. The number of nitrogens with one attached hydrogen (secondary N) is 1. The summed E-state index contributed by atoms with van der Waals surface area (Å²) < 4.78 is 12.9. The lowest BCUT2D eigenvalue weighted by Gasteiger charge is -2.05. The van der Waals surface area contributed by atoms with Gasteiger partial charge in [0.15, 0.2) is 5.82 Å². The molecule has 2 aromatic rings. The highest BCUT2D eigenvalue weighted by Crippen LogP contribution is 2.03. The van der Waals surface area contributed by atoms with Gasteiger partial charge in [-0.05, 0) is 24.1 Å². The minimum absolute atomic E-state index is 0.0142. The molecular weight excluding hydrogens is 249 g/mol. The van der Waals surface area contributed by atoms with Crippen molar-refractivity contribution < 1.29 is 9.18 Å². The maximum absolute atomic E-state index is 12.9. The van der Waals surface area contributed by atoms with Gasteiger partial charge in [-0.15, -0.1) is 5.10 Å². The number of benzene rings is 1. The van der Waals surface area contributed by atoms with E-state index in [9.17, 15) is 9.18 Å². The summed E-state index contributed by atoms with van der Waals surface area (Å²) >= 11 is 0.